The van der Waals surface area contributed by atoms with E-state index in [-0.39, 0.29) is 0 Å². The van der Waals surface area contributed by atoms with Crippen molar-refractivity contribution in [3.63, 3.8) is 0 Å². The third-order valence-electron chi connectivity index (χ3n) is 3.68. The molecule has 0 fully saturated rings. The molecule has 1 N–H and O–H groups in total. The Morgan fingerprint density at radius 3 is 2.77 bits per heavy atom. The molecule has 2 aromatic heterocycles. The van der Waals surface area contributed by atoms with Gasteiger partial charge >= 0.3 is 6.09 Å². The van der Waals surface area contributed by atoms with E-state index in [1.54, 1.807) is 50.4 Å². The second-order valence-corrected chi connectivity index (χ2v) is 6.44. The van der Waals surface area contributed by atoms with Gasteiger partial charge in [-0.15, -0.1) is 0 Å². The van der Waals surface area contributed by atoms with E-state index in [2.05, 4.69) is 31.4 Å². The van der Waals surface area contributed by atoms with Gasteiger partial charge < -0.3 is 9.26 Å². The summed E-state index contributed by atoms with van der Waals surface area (Å²) < 4.78 is 25.2. The smallest absolute Gasteiger partial charge is 0.412 e. The van der Waals surface area contributed by atoms with Gasteiger partial charge in [-0.05, 0) is 48.0 Å². The van der Waals surface area contributed by atoms with Crippen molar-refractivity contribution >= 4 is 27.7 Å². The topological polar surface area (TPSA) is 77.3 Å². The number of halogens is 2. The molecule has 0 radical (unpaired) electrons. The standard InChI is InChI=1S/C18H15BrFN3O3/c1-10-16(17(26-23-10)15-8-7-12(19)9-21-15)22-18(24)25-11(2)13-5-3-4-6-14(13)20/h3-9,11H,1-2H3,(H,22,24). The van der Waals surface area contributed by atoms with Crippen LogP contribution in [0.15, 0.2) is 51.6 Å². The quantitative estimate of drug-likeness (QED) is 0.624. The lowest BCUT2D eigenvalue weighted by Crippen LogP contribution is -2.17. The molecule has 1 atom stereocenters. The first-order chi connectivity index (χ1) is 12.5. The zero-order chi connectivity index (χ0) is 18.7. The maximum absolute atomic E-state index is 13.8. The molecule has 8 heteroatoms. The van der Waals surface area contributed by atoms with Crippen molar-refractivity contribution in [1.29, 1.82) is 0 Å². The summed E-state index contributed by atoms with van der Waals surface area (Å²) >= 11 is 3.31. The van der Waals surface area contributed by atoms with Crippen LogP contribution in [0.25, 0.3) is 11.5 Å². The number of nitrogens with zero attached hydrogens (tertiary/aromatic N) is 2. The number of nitrogens with one attached hydrogen (secondary N) is 1. The second kappa shape index (κ2) is 7.65. The minimum Gasteiger partial charge on any atom is -0.441 e. The number of benzene rings is 1. The Bertz CT molecular complexity index is 928. The number of anilines is 1. The van der Waals surface area contributed by atoms with Crippen LogP contribution in [0.4, 0.5) is 14.9 Å². The van der Waals surface area contributed by atoms with Gasteiger partial charge in [0.25, 0.3) is 0 Å². The molecule has 0 aliphatic carbocycles. The van der Waals surface area contributed by atoms with E-state index < -0.39 is 18.0 Å². The third kappa shape index (κ3) is 3.91. The summed E-state index contributed by atoms with van der Waals surface area (Å²) in [7, 11) is 0. The normalized spacial score (nSPS) is 11.8. The first-order valence-corrected chi connectivity index (χ1v) is 8.55. The van der Waals surface area contributed by atoms with Crippen LogP contribution in [-0.2, 0) is 4.74 Å². The summed E-state index contributed by atoms with van der Waals surface area (Å²) in [6.07, 6.45) is 0.103. The molecule has 26 heavy (non-hydrogen) atoms. The second-order valence-electron chi connectivity index (χ2n) is 5.53. The zero-order valence-corrected chi connectivity index (χ0v) is 15.6. The number of amides is 1. The molecule has 3 aromatic rings. The van der Waals surface area contributed by atoms with E-state index >= 15 is 0 Å². The Hall–Kier alpha value is -2.74. The monoisotopic (exact) mass is 419 g/mol. The van der Waals surface area contributed by atoms with Crippen LogP contribution >= 0.6 is 15.9 Å². The molecule has 0 saturated heterocycles. The largest absolute Gasteiger partial charge is 0.441 e. The molecule has 0 bridgehead atoms. The fraction of sp³-hybridized carbons (Fsp3) is 0.167. The maximum atomic E-state index is 13.8. The number of aromatic nitrogens is 2. The molecule has 0 aliphatic heterocycles. The molecule has 1 unspecified atom stereocenters. The van der Waals surface area contributed by atoms with E-state index in [0.29, 0.717) is 28.4 Å². The lowest BCUT2D eigenvalue weighted by Gasteiger charge is -2.14. The maximum Gasteiger partial charge on any atom is 0.412 e. The number of rotatable bonds is 4. The fourth-order valence-electron chi connectivity index (χ4n) is 2.36. The average molecular weight is 420 g/mol. The van der Waals surface area contributed by atoms with Gasteiger partial charge in [-0.2, -0.15) is 0 Å². The predicted molar refractivity (Wildman–Crippen MR) is 97.1 cm³/mol. The van der Waals surface area contributed by atoms with Crippen molar-refractivity contribution in [2.24, 2.45) is 0 Å². The molecule has 0 aliphatic rings. The highest BCUT2D eigenvalue weighted by Crippen LogP contribution is 2.30. The minimum absolute atomic E-state index is 0.291. The van der Waals surface area contributed by atoms with Gasteiger partial charge in [0.2, 0.25) is 5.76 Å². The van der Waals surface area contributed by atoms with Crippen LogP contribution < -0.4 is 5.32 Å². The number of ether oxygens (including phenoxy) is 1. The van der Waals surface area contributed by atoms with Gasteiger partial charge in [0.1, 0.15) is 29.0 Å². The Labute approximate surface area is 157 Å². The lowest BCUT2D eigenvalue weighted by atomic mass is 10.1. The molecule has 0 saturated carbocycles. The Balaban J connectivity index is 1.77. The first kappa shape index (κ1) is 18.1. The summed E-state index contributed by atoms with van der Waals surface area (Å²) in [5.41, 5.74) is 1.62. The number of carbonyl (C=O) groups excluding carboxylic acids is 1. The molecule has 2 heterocycles. The van der Waals surface area contributed by atoms with Gasteiger partial charge in [0.05, 0.1) is 0 Å². The van der Waals surface area contributed by atoms with Gasteiger partial charge in [-0.3, -0.25) is 10.3 Å². The van der Waals surface area contributed by atoms with E-state index in [0.717, 1.165) is 4.47 Å². The number of hydrogen-bond acceptors (Lipinski definition) is 5. The lowest BCUT2D eigenvalue weighted by molar-refractivity contribution is 0.119. The molecule has 1 aromatic carbocycles. The predicted octanol–water partition coefficient (Wildman–Crippen LogP) is 5.26. The number of aryl methyl sites for hydroxylation is 1. The van der Waals surface area contributed by atoms with Gasteiger partial charge in [-0.25, -0.2) is 9.18 Å². The van der Waals surface area contributed by atoms with Crippen molar-refractivity contribution in [3.8, 4) is 11.5 Å². The van der Waals surface area contributed by atoms with Crippen LogP contribution in [0.2, 0.25) is 0 Å². The van der Waals surface area contributed by atoms with E-state index in [1.165, 1.54) is 6.07 Å². The summed E-state index contributed by atoms with van der Waals surface area (Å²) in [4.78, 5) is 16.5. The SMILES string of the molecule is Cc1noc(-c2ccc(Br)cn2)c1NC(=O)OC(C)c1ccccc1F. The van der Waals surface area contributed by atoms with Gasteiger partial charge in [0, 0.05) is 16.2 Å². The highest BCUT2D eigenvalue weighted by molar-refractivity contribution is 9.10. The third-order valence-corrected chi connectivity index (χ3v) is 4.15. The zero-order valence-electron chi connectivity index (χ0n) is 14.0. The first-order valence-electron chi connectivity index (χ1n) is 7.76. The van der Waals surface area contributed by atoms with E-state index in [9.17, 15) is 9.18 Å². The molecule has 3 rings (SSSR count). The van der Waals surface area contributed by atoms with Crippen molar-refractivity contribution in [3.05, 3.63) is 64.1 Å². The molecular formula is C18H15BrFN3O3. The van der Waals surface area contributed by atoms with Crippen LogP contribution in [0.3, 0.4) is 0 Å². The van der Waals surface area contributed by atoms with Crippen molar-refractivity contribution in [2.75, 3.05) is 5.32 Å². The number of hydrogen-bond donors (Lipinski definition) is 1. The highest BCUT2D eigenvalue weighted by atomic mass is 79.9. The average Bonchev–Trinajstić information content (AvgIpc) is 2.96. The Morgan fingerprint density at radius 2 is 2.08 bits per heavy atom. The van der Waals surface area contributed by atoms with Gasteiger partial charge in [-0.1, -0.05) is 23.4 Å². The van der Waals surface area contributed by atoms with Crippen molar-refractivity contribution in [2.45, 2.75) is 20.0 Å². The van der Waals surface area contributed by atoms with Crippen molar-refractivity contribution in [1.82, 2.24) is 10.1 Å². The highest BCUT2D eigenvalue weighted by Gasteiger charge is 2.21. The van der Waals surface area contributed by atoms with Gasteiger partial charge in [0.15, 0.2) is 0 Å². The summed E-state index contributed by atoms with van der Waals surface area (Å²) in [6, 6.07) is 9.65. The molecular weight excluding hydrogens is 405 g/mol. The molecule has 0 spiro atoms. The molecule has 6 nitrogen and oxygen atoms in total. The Morgan fingerprint density at radius 1 is 1.31 bits per heavy atom. The minimum atomic E-state index is -0.759. The molecule has 1 amide bonds. The van der Waals surface area contributed by atoms with Crippen LogP contribution in [0, 0.1) is 12.7 Å². The van der Waals surface area contributed by atoms with Crippen LogP contribution in [0.1, 0.15) is 24.3 Å². The van der Waals surface area contributed by atoms with Crippen LogP contribution in [-0.4, -0.2) is 16.2 Å². The fourth-order valence-corrected chi connectivity index (χ4v) is 2.60. The number of pyridine rings is 1. The Kier molecular flexibility index (Phi) is 5.32. The summed E-state index contributed by atoms with van der Waals surface area (Å²) in [5, 5.41) is 6.46. The molecule has 134 valence electrons. The summed E-state index contributed by atoms with van der Waals surface area (Å²) in [6.45, 7) is 3.28. The van der Waals surface area contributed by atoms with Crippen LogP contribution in [0.5, 0.6) is 0 Å². The number of carbonyl (C=O) groups is 1. The van der Waals surface area contributed by atoms with Crippen molar-refractivity contribution < 1.29 is 18.4 Å². The summed E-state index contributed by atoms with van der Waals surface area (Å²) in [5.74, 6) is -0.126. The van der Waals surface area contributed by atoms with E-state index in [1.807, 2.05) is 0 Å². The van der Waals surface area contributed by atoms with E-state index in [4.69, 9.17) is 9.26 Å².